The number of methoxy groups -OCH3 is 2. The summed E-state index contributed by atoms with van der Waals surface area (Å²) in [5.41, 5.74) is 0. The Morgan fingerprint density at radius 1 is 1.19 bits per heavy atom. The first kappa shape index (κ1) is 13.5. The lowest BCUT2D eigenvalue weighted by Gasteiger charge is -2.12. The summed E-state index contributed by atoms with van der Waals surface area (Å²) < 4.78 is 32.6. The van der Waals surface area contributed by atoms with E-state index >= 15 is 0 Å². The van der Waals surface area contributed by atoms with Gasteiger partial charge in [0.15, 0.2) is 0 Å². The summed E-state index contributed by atoms with van der Waals surface area (Å²) in [5, 5.41) is 0. The van der Waals surface area contributed by atoms with Gasteiger partial charge >= 0.3 is 0 Å². The van der Waals surface area contributed by atoms with Crippen LogP contribution in [0.5, 0.6) is 11.5 Å². The number of thioether (sulfide) groups is 1. The molecular formula is C9H11ClO4S2. The quantitative estimate of drug-likeness (QED) is 0.627. The molecule has 90 valence electrons. The van der Waals surface area contributed by atoms with Gasteiger partial charge in [-0.25, -0.2) is 8.42 Å². The van der Waals surface area contributed by atoms with Crippen LogP contribution >= 0.6 is 22.4 Å². The third-order valence-corrected chi connectivity index (χ3v) is 4.06. The van der Waals surface area contributed by atoms with E-state index in [9.17, 15) is 8.42 Å². The average Bonchev–Trinajstić information content (AvgIpc) is 2.25. The van der Waals surface area contributed by atoms with E-state index in [2.05, 4.69) is 0 Å². The molecule has 0 saturated heterocycles. The zero-order chi connectivity index (χ0) is 12.3. The second kappa shape index (κ2) is 5.16. The van der Waals surface area contributed by atoms with Crippen molar-refractivity contribution in [2.24, 2.45) is 0 Å². The molecule has 0 N–H and O–H groups in total. The monoisotopic (exact) mass is 282 g/mol. The third-order valence-electron chi connectivity index (χ3n) is 1.92. The Kier molecular flexibility index (Phi) is 4.35. The van der Waals surface area contributed by atoms with Crippen LogP contribution in [0.1, 0.15) is 0 Å². The Morgan fingerprint density at radius 3 is 1.88 bits per heavy atom. The standard InChI is InChI=1S/C9H11ClO4S2/c1-13-7-4-6(16(10,11)12)5-8(14-2)9(7)15-3/h4-5H,1-3H3. The Morgan fingerprint density at radius 2 is 1.62 bits per heavy atom. The summed E-state index contributed by atoms with van der Waals surface area (Å²) in [6.07, 6.45) is 1.84. The highest BCUT2D eigenvalue weighted by molar-refractivity contribution is 8.13. The van der Waals surface area contributed by atoms with Crippen molar-refractivity contribution in [3.8, 4) is 11.5 Å². The van der Waals surface area contributed by atoms with E-state index in [0.717, 1.165) is 4.90 Å². The van der Waals surface area contributed by atoms with Crippen molar-refractivity contribution in [3.05, 3.63) is 12.1 Å². The molecule has 1 rings (SSSR count). The third kappa shape index (κ3) is 2.75. The zero-order valence-corrected chi connectivity index (χ0v) is 11.4. The predicted octanol–water partition coefficient (Wildman–Crippen LogP) is 2.35. The molecule has 0 aromatic heterocycles. The van der Waals surface area contributed by atoms with Gasteiger partial charge in [-0.15, -0.1) is 11.8 Å². The summed E-state index contributed by atoms with van der Waals surface area (Å²) in [5.74, 6) is 0.845. The average molecular weight is 283 g/mol. The lowest BCUT2D eigenvalue weighted by atomic mass is 10.3. The molecule has 0 amide bonds. The van der Waals surface area contributed by atoms with Gasteiger partial charge in [-0.2, -0.15) is 0 Å². The van der Waals surface area contributed by atoms with Gasteiger partial charge < -0.3 is 9.47 Å². The van der Waals surface area contributed by atoms with E-state index in [1.807, 2.05) is 6.26 Å². The van der Waals surface area contributed by atoms with Gasteiger partial charge in [0, 0.05) is 22.8 Å². The molecule has 0 aliphatic heterocycles. The molecule has 0 unspecified atom stereocenters. The van der Waals surface area contributed by atoms with E-state index in [-0.39, 0.29) is 4.90 Å². The molecule has 0 fully saturated rings. The summed E-state index contributed by atoms with van der Waals surface area (Å²) in [6, 6.07) is 2.74. The molecule has 16 heavy (non-hydrogen) atoms. The van der Waals surface area contributed by atoms with Crippen LogP contribution in [0, 0.1) is 0 Å². The predicted molar refractivity (Wildman–Crippen MR) is 64.4 cm³/mol. The Labute approximate surface area is 103 Å². The topological polar surface area (TPSA) is 52.6 Å². The summed E-state index contributed by atoms with van der Waals surface area (Å²) in [7, 11) is 4.39. The maximum Gasteiger partial charge on any atom is 0.261 e. The first-order valence-corrected chi connectivity index (χ1v) is 7.72. The molecule has 0 atom stereocenters. The normalized spacial score (nSPS) is 11.2. The van der Waals surface area contributed by atoms with Crippen LogP contribution in [0.25, 0.3) is 0 Å². The molecule has 0 aliphatic carbocycles. The number of halogens is 1. The van der Waals surface area contributed by atoms with Gasteiger partial charge in [0.25, 0.3) is 9.05 Å². The van der Waals surface area contributed by atoms with Gasteiger partial charge in [-0.1, -0.05) is 0 Å². The van der Waals surface area contributed by atoms with Gasteiger partial charge in [-0.3, -0.25) is 0 Å². The fraction of sp³-hybridized carbons (Fsp3) is 0.333. The fourth-order valence-corrected chi connectivity index (χ4v) is 2.65. The van der Waals surface area contributed by atoms with Crippen LogP contribution in [0.15, 0.2) is 21.9 Å². The summed E-state index contributed by atoms with van der Waals surface area (Å²) in [6.45, 7) is 0. The van der Waals surface area contributed by atoms with E-state index in [4.69, 9.17) is 20.2 Å². The highest BCUT2D eigenvalue weighted by Gasteiger charge is 2.18. The van der Waals surface area contributed by atoms with Gasteiger partial charge in [-0.05, 0) is 6.26 Å². The van der Waals surface area contributed by atoms with Crippen molar-refractivity contribution in [2.45, 2.75) is 9.79 Å². The Hall–Kier alpha value is -0.590. The fourth-order valence-electron chi connectivity index (χ4n) is 1.20. The van der Waals surface area contributed by atoms with E-state index in [1.165, 1.54) is 38.1 Å². The molecule has 0 spiro atoms. The van der Waals surface area contributed by atoms with Crippen molar-refractivity contribution in [1.29, 1.82) is 0 Å². The number of hydrogen-bond donors (Lipinski definition) is 0. The number of ether oxygens (including phenoxy) is 2. The van der Waals surface area contributed by atoms with Crippen LogP contribution in [0.2, 0.25) is 0 Å². The molecule has 4 nitrogen and oxygen atoms in total. The van der Waals surface area contributed by atoms with Crippen molar-refractivity contribution >= 4 is 31.5 Å². The van der Waals surface area contributed by atoms with E-state index in [0.29, 0.717) is 11.5 Å². The number of rotatable bonds is 4. The molecule has 0 heterocycles. The molecule has 7 heteroatoms. The van der Waals surface area contributed by atoms with Crippen LogP contribution in [0.4, 0.5) is 0 Å². The smallest absolute Gasteiger partial charge is 0.261 e. The molecule has 1 aromatic rings. The molecule has 1 aromatic carbocycles. The minimum Gasteiger partial charge on any atom is -0.495 e. The molecule has 0 radical (unpaired) electrons. The van der Waals surface area contributed by atoms with Crippen LogP contribution in [0.3, 0.4) is 0 Å². The Bertz CT molecular complexity index is 459. The van der Waals surface area contributed by atoms with Crippen LogP contribution in [-0.2, 0) is 9.05 Å². The summed E-state index contributed by atoms with van der Waals surface area (Å²) >= 11 is 1.40. The Balaban J connectivity index is 3.49. The van der Waals surface area contributed by atoms with Gasteiger partial charge in [0.05, 0.1) is 24.0 Å². The maximum atomic E-state index is 11.2. The second-order valence-electron chi connectivity index (χ2n) is 2.80. The molecular weight excluding hydrogens is 272 g/mol. The lowest BCUT2D eigenvalue weighted by molar-refractivity contribution is 0.374. The molecule has 0 saturated carbocycles. The van der Waals surface area contributed by atoms with Crippen LogP contribution < -0.4 is 9.47 Å². The van der Waals surface area contributed by atoms with Gasteiger partial charge in [0.1, 0.15) is 11.5 Å². The highest BCUT2D eigenvalue weighted by atomic mass is 35.7. The van der Waals surface area contributed by atoms with Crippen molar-refractivity contribution in [3.63, 3.8) is 0 Å². The SMILES string of the molecule is COc1cc(S(=O)(=O)Cl)cc(OC)c1SC. The molecule has 0 aliphatic rings. The largest absolute Gasteiger partial charge is 0.495 e. The number of benzene rings is 1. The van der Waals surface area contributed by atoms with Crippen molar-refractivity contribution < 1.29 is 17.9 Å². The van der Waals surface area contributed by atoms with Gasteiger partial charge in [0.2, 0.25) is 0 Å². The summed E-state index contributed by atoms with van der Waals surface area (Å²) in [4.78, 5) is 0.690. The second-order valence-corrected chi connectivity index (χ2v) is 6.18. The highest BCUT2D eigenvalue weighted by Crippen LogP contribution is 2.39. The number of hydrogen-bond acceptors (Lipinski definition) is 5. The van der Waals surface area contributed by atoms with E-state index < -0.39 is 9.05 Å². The first-order chi connectivity index (χ1) is 7.43. The minimum atomic E-state index is -3.79. The van der Waals surface area contributed by atoms with Crippen molar-refractivity contribution in [2.75, 3.05) is 20.5 Å². The molecule has 0 bridgehead atoms. The maximum absolute atomic E-state index is 11.2. The van der Waals surface area contributed by atoms with Crippen LogP contribution in [-0.4, -0.2) is 28.9 Å². The lowest BCUT2D eigenvalue weighted by Crippen LogP contribution is -1.97. The first-order valence-electron chi connectivity index (χ1n) is 4.18. The van der Waals surface area contributed by atoms with Crippen molar-refractivity contribution in [1.82, 2.24) is 0 Å². The van der Waals surface area contributed by atoms with E-state index in [1.54, 1.807) is 0 Å². The zero-order valence-electron chi connectivity index (χ0n) is 8.98. The minimum absolute atomic E-state index is 0.0410.